The van der Waals surface area contributed by atoms with Gasteiger partial charge in [-0.3, -0.25) is 4.79 Å². The number of fused-ring (bicyclic) bond motifs is 5. The smallest absolute Gasteiger partial charge is 0.336 e. The van der Waals surface area contributed by atoms with Crippen molar-refractivity contribution >= 4 is 32.8 Å². The molecule has 0 spiro atoms. The molecule has 0 radical (unpaired) electrons. The highest BCUT2D eigenvalue weighted by Gasteiger charge is 2.46. The number of hydrogen-bond acceptors (Lipinski definition) is 9. The van der Waals surface area contributed by atoms with Crippen LogP contribution in [0, 0.1) is 0 Å². The molecule has 10 heteroatoms. The lowest BCUT2D eigenvalue weighted by Gasteiger charge is -2.41. The van der Waals surface area contributed by atoms with Gasteiger partial charge in [-0.2, -0.15) is 0 Å². The summed E-state index contributed by atoms with van der Waals surface area (Å²) in [4.78, 5) is 28.5. The van der Waals surface area contributed by atoms with Crippen LogP contribution in [0.25, 0.3) is 32.8 Å². The molecule has 194 valence electrons. The van der Waals surface area contributed by atoms with Crippen LogP contribution >= 0.6 is 0 Å². The zero-order valence-electron chi connectivity index (χ0n) is 20.6. The van der Waals surface area contributed by atoms with Gasteiger partial charge in [-0.25, -0.2) is 4.79 Å². The van der Waals surface area contributed by atoms with Crippen LogP contribution in [0.3, 0.4) is 0 Å². The maximum absolute atomic E-state index is 13.4. The highest BCUT2D eigenvalue weighted by molar-refractivity contribution is 5.99. The number of aromatic hydroxyl groups is 2. The number of aliphatic hydroxyl groups is 1. The predicted octanol–water partition coefficient (Wildman–Crippen LogP) is 3.86. The molecule has 2 atom stereocenters. The maximum Gasteiger partial charge on any atom is 0.336 e. The van der Waals surface area contributed by atoms with Gasteiger partial charge in [-0.05, 0) is 44.2 Å². The van der Waals surface area contributed by atoms with Crippen LogP contribution in [-0.4, -0.2) is 39.1 Å². The molecule has 0 unspecified atom stereocenters. The molecular weight excluding hydrogens is 494 g/mol. The quantitative estimate of drug-likeness (QED) is 0.206. The van der Waals surface area contributed by atoms with Crippen molar-refractivity contribution < 1.29 is 33.9 Å². The van der Waals surface area contributed by atoms with Crippen molar-refractivity contribution in [2.75, 3.05) is 7.11 Å². The highest BCUT2D eigenvalue weighted by Crippen LogP contribution is 2.47. The Labute approximate surface area is 214 Å². The number of benzene rings is 3. The molecule has 0 saturated heterocycles. The van der Waals surface area contributed by atoms with Gasteiger partial charge in [0, 0.05) is 23.6 Å². The number of phenols is 2. The zero-order valence-corrected chi connectivity index (χ0v) is 20.6. The van der Waals surface area contributed by atoms with Gasteiger partial charge < -0.3 is 38.9 Å². The summed E-state index contributed by atoms with van der Waals surface area (Å²) in [5.41, 5.74) is -1.38. The summed E-state index contributed by atoms with van der Waals surface area (Å²) in [6, 6.07) is 11.8. The Balaban J connectivity index is 1.62. The Morgan fingerprint density at radius 2 is 1.76 bits per heavy atom. The SMILES string of the molecule is COc1cc(O)c2c(=O)c3ccc(O)c(O[C@H]4c5c(ccc6ccc(=O)oc56)OC(C)(C)[C@H]4O)c3[nH]c2c1. The van der Waals surface area contributed by atoms with Gasteiger partial charge in [0.05, 0.1) is 34.5 Å². The number of phenolic OH excluding ortho intramolecular Hbond substituents is 2. The topological polar surface area (TPSA) is 151 Å². The van der Waals surface area contributed by atoms with Gasteiger partial charge in [0.15, 0.2) is 17.6 Å². The molecule has 1 aliphatic heterocycles. The summed E-state index contributed by atoms with van der Waals surface area (Å²) in [6.45, 7) is 3.35. The summed E-state index contributed by atoms with van der Waals surface area (Å²) in [5.74, 6) is -0.0497. The van der Waals surface area contributed by atoms with E-state index in [-0.39, 0.29) is 50.2 Å². The second kappa shape index (κ2) is 8.15. The van der Waals surface area contributed by atoms with Crippen molar-refractivity contribution in [3.63, 3.8) is 0 Å². The highest BCUT2D eigenvalue weighted by atomic mass is 16.5. The van der Waals surface area contributed by atoms with Gasteiger partial charge in [-0.1, -0.05) is 0 Å². The lowest BCUT2D eigenvalue weighted by Crippen LogP contribution is -2.50. The number of methoxy groups -OCH3 is 1. The van der Waals surface area contributed by atoms with Gasteiger partial charge in [0.1, 0.15) is 34.5 Å². The van der Waals surface area contributed by atoms with Crippen LogP contribution in [0.2, 0.25) is 0 Å². The monoisotopic (exact) mass is 517 g/mol. The molecular formula is C28H23NO9. The number of aromatic nitrogens is 1. The molecule has 2 aromatic heterocycles. The van der Waals surface area contributed by atoms with E-state index in [9.17, 15) is 24.9 Å². The molecule has 6 rings (SSSR count). The number of pyridine rings is 1. The number of aromatic amines is 1. The van der Waals surface area contributed by atoms with E-state index in [1.54, 1.807) is 32.0 Å². The molecule has 0 amide bonds. The molecule has 10 nitrogen and oxygen atoms in total. The Hall–Kier alpha value is -4.70. The summed E-state index contributed by atoms with van der Waals surface area (Å²) < 4.78 is 23.0. The normalized spacial score (nSPS) is 18.3. The van der Waals surface area contributed by atoms with Crippen LogP contribution in [0.15, 0.2) is 62.5 Å². The number of nitrogens with one attached hydrogen (secondary N) is 1. The average Bonchev–Trinajstić information content (AvgIpc) is 2.87. The van der Waals surface area contributed by atoms with Gasteiger partial charge in [0.2, 0.25) is 5.43 Å². The predicted molar refractivity (Wildman–Crippen MR) is 139 cm³/mol. The summed E-state index contributed by atoms with van der Waals surface area (Å²) in [5, 5.41) is 33.5. The first-order chi connectivity index (χ1) is 18.1. The third-order valence-electron chi connectivity index (χ3n) is 6.88. The molecule has 1 aliphatic rings. The third-order valence-corrected chi connectivity index (χ3v) is 6.88. The minimum atomic E-state index is -1.28. The van der Waals surface area contributed by atoms with Gasteiger partial charge >= 0.3 is 5.63 Å². The first-order valence-electron chi connectivity index (χ1n) is 11.8. The zero-order chi connectivity index (χ0) is 26.9. The summed E-state index contributed by atoms with van der Waals surface area (Å²) in [7, 11) is 1.43. The maximum atomic E-state index is 13.4. The van der Waals surface area contributed by atoms with Crippen LogP contribution < -0.4 is 25.3 Å². The Kier molecular flexibility index (Phi) is 5.08. The van der Waals surface area contributed by atoms with E-state index >= 15 is 0 Å². The van der Waals surface area contributed by atoms with Crippen molar-refractivity contribution in [1.82, 2.24) is 4.98 Å². The van der Waals surface area contributed by atoms with Crippen LogP contribution in [0.1, 0.15) is 25.5 Å². The van der Waals surface area contributed by atoms with Crippen molar-refractivity contribution in [1.29, 1.82) is 0 Å². The fraction of sp³-hybridized carbons (Fsp3) is 0.214. The van der Waals surface area contributed by atoms with Crippen LogP contribution in [0.4, 0.5) is 0 Å². The first kappa shape index (κ1) is 23.7. The van der Waals surface area contributed by atoms with E-state index < -0.39 is 28.9 Å². The van der Waals surface area contributed by atoms with Crippen molar-refractivity contribution in [2.45, 2.75) is 31.7 Å². The fourth-order valence-corrected chi connectivity index (χ4v) is 4.94. The molecule has 3 heterocycles. The van der Waals surface area contributed by atoms with E-state index in [4.69, 9.17) is 18.6 Å². The molecule has 0 aliphatic carbocycles. The van der Waals surface area contributed by atoms with Gasteiger partial charge in [-0.15, -0.1) is 0 Å². The van der Waals surface area contributed by atoms with E-state index in [0.717, 1.165) is 0 Å². The van der Waals surface area contributed by atoms with Crippen LogP contribution in [-0.2, 0) is 0 Å². The molecule has 0 bridgehead atoms. The number of hydrogen-bond donors (Lipinski definition) is 4. The van der Waals surface area contributed by atoms with E-state index in [1.165, 1.54) is 37.4 Å². The average molecular weight is 517 g/mol. The molecule has 5 aromatic rings. The lowest BCUT2D eigenvalue weighted by molar-refractivity contribution is -0.102. The van der Waals surface area contributed by atoms with Crippen molar-refractivity contribution in [2.24, 2.45) is 0 Å². The minimum absolute atomic E-state index is 0.0419. The second-order valence-corrected chi connectivity index (χ2v) is 9.70. The molecule has 38 heavy (non-hydrogen) atoms. The van der Waals surface area contributed by atoms with Crippen molar-refractivity contribution in [3.05, 3.63) is 74.7 Å². The van der Waals surface area contributed by atoms with Gasteiger partial charge in [0.25, 0.3) is 0 Å². The molecule has 3 aromatic carbocycles. The van der Waals surface area contributed by atoms with E-state index in [2.05, 4.69) is 4.98 Å². The molecule has 0 fully saturated rings. The van der Waals surface area contributed by atoms with Crippen molar-refractivity contribution in [3.8, 4) is 28.7 Å². The summed E-state index contributed by atoms with van der Waals surface area (Å²) >= 11 is 0. The lowest BCUT2D eigenvalue weighted by atomic mass is 9.87. The Morgan fingerprint density at radius 1 is 1.00 bits per heavy atom. The Bertz CT molecular complexity index is 1890. The molecule has 4 N–H and O–H groups in total. The number of H-pyrrole nitrogens is 1. The Morgan fingerprint density at radius 3 is 2.53 bits per heavy atom. The third kappa shape index (κ3) is 3.45. The number of ether oxygens (including phenoxy) is 3. The minimum Gasteiger partial charge on any atom is -0.507 e. The van der Waals surface area contributed by atoms with E-state index in [1.807, 2.05) is 0 Å². The van der Waals surface area contributed by atoms with Crippen LogP contribution in [0.5, 0.6) is 28.7 Å². The summed E-state index contributed by atoms with van der Waals surface area (Å²) in [6.07, 6.45) is -2.45. The standard InChI is InChI=1S/C28H23NO9/c1-28(2)27(34)26(21-18(38-28)8-4-12-5-9-19(32)36-24(12)21)37-25-16(30)7-6-14-22(25)29-15-10-13(35-3)11-17(31)20(15)23(14)33/h4-11,26-27,30-31,34H,1-3H3,(H,29,33)/t26-,27-/m0/s1. The number of aliphatic hydroxyl groups excluding tert-OH is 1. The molecule has 0 saturated carbocycles. The largest absolute Gasteiger partial charge is 0.507 e. The fourth-order valence-electron chi connectivity index (χ4n) is 4.94. The second-order valence-electron chi connectivity index (χ2n) is 9.70. The first-order valence-corrected chi connectivity index (χ1v) is 11.8. The van der Waals surface area contributed by atoms with E-state index in [0.29, 0.717) is 16.9 Å². The number of rotatable bonds is 3.